The van der Waals surface area contributed by atoms with Crippen LogP contribution in [0.5, 0.6) is 0 Å². The summed E-state index contributed by atoms with van der Waals surface area (Å²) in [4.78, 5) is 27.2. The van der Waals surface area contributed by atoms with Crippen LogP contribution in [0.25, 0.3) is 0 Å². The fourth-order valence-corrected chi connectivity index (χ4v) is 3.67. The fourth-order valence-electron chi connectivity index (χ4n) is 3.67. The Kier molecular flexibility index (Phi) is 6.85. The lowest BCUT2D eigenvalue weighted by Crippen LogP contribution is -2.39. The van der Waals surface area contributed by atoms with Crippen molar-refractivity contribution in [2.45, 2.75) is 45.6 Å². The van der Waals surface area contributed by atoms with E-state index in [-0.39, 0.29) is 17.9 Å². The molecule has 1 aliphatic heterocycles. The first-order chi connectivity index (χ1) is 13.6. The van der Waals surface area contributed by atoms with Crippen LogP contribution in [0.2, 0.25) is 0 Å². The average molecular weight is 379 g/mol. The Morgan fingerprint density at radius 1 is 1.04 bits per heavy atom. The number of nitrogens with zero attached hydrogens (tertiary/aromatic N) is 1. The quantitative estimate of drug-likeness (QED) is 0.814. The number of hydrogen-bond acceptors (Lipinski definition) is 2. The standard InChI is InChI=1S/C24H30N2O2/c1-3-18(2)25-23(27)21-10-7-11-22(17-21)24(28)26-14-12-20(13-15-26)16-19-8-5-4-6-9-19/h4-11,17-18,20H,3,12-16H2,1-2H3,(H,25,27). The molecule has 1 fully saturated rings. The van der Waals surface area contributed by atoms with Gasteiger partial charge in [0.1, 0.15) is 0 Å². The second-order valence-corrected chi connectivity index (χ2v) is 7.79. The summed E-state index contributed by atoms with van der Waals surface area (Å²) in [7, 11) is 0. The third-order valence-corrected chi connectivity index (χ3v) is 5.63. The Bertz CT molecular complexity index is 795. The number of carbonyl (C=O) groups excluding carboxylic acids is 2. The van der Waals surface area contributed by atoms with Crippen molar-refractivity contribution in [1.82, 2.24) is 10.2 Å². The van der Waals surface area contributed by atoms with E-state index in [1.807, 2.05) is 24.8 Å². The molecule has 0 bridgehead atoms. The van der Waals surface area contributed by atoms with E-state index in [0.29, 0.717) is 17.0 Å². The number of rotatable bonds is 6. The molecule has 28 heavy (non-hydrogen) atoms. The molecule has 0 spiro atoms. The van der Waals surface area contributed by atoms with E-state index in [9.17, 15) is 9.59 Å². The van der Waals surface area contributed by atoms with Gasteiger partial charge in [0.25, 0.3) is 11.8 Å². The summed E-state index contributed by atoms with van der Waals surface area (Å²) in [5.74, 6) is 0.529. The lowest BCUT2D eigenvalue weighted by atomic mass is 9.90. The van der Waals surface area contributed by atoms with Crippen LogP contribution in [-0.2, 0) is 6.42 Å². The number of carbonyl (C=O) groups is 2. The second kappa shape index (κ2) is 9.54. The van der Waals surface area contributed by atoms with Crippen LogP contribution in [0, 0.1) is 5.92 Å². The lowest BCUT2D eigenvalue weighted by molar-refractivity contribution is 0.0690. The van der Waals surface area contributed by atoms with Crippen LogP contribution in [0.4, 0.5) is 0 Å². The highest BCUT2D eigenvalue weighted by molar-refractivity contribution is 5.99. The molecule has 4 heteroatoms. The topological polar surface area (TPSA) is 49.4 Å². The second-order valence-electron chi connectivity index (χ2n) is 7.79. The van der Waals surface area contributed by atoms with Crippen molar-refractivity contribution in [1.29, 1.82) is 0 Å². The molecule has 2 aromatic rings. The van der Waals surface area contributed by atoms with E-state index in [0.717, 1.165) is 38.8 Å². The molecule has 1 N–H and O–H groups in total. The molecule has 2 aromatic carbocycles. The van der Waals surface area contributed by atoms with Gasteiger partial charge in [-0.3, -0.25) is 9.59 Å². The summed E-state index contributed by atoms with van der Waals surface area (Å²) in [5.41, 5.74) is 2.51. The van der Waals surface area contributed by atoms with Crippen molar-refractivity contribution in [3.05, 3.63) is 71.3 Å². The van der Waals surface area contributed by atoms with E-state index in [1.54, 1.807) is 24.3 Å². The van der Waals surface area contributed by atoms with Crippen LogP contribution in [0.3, 0.4) is 0 Å². The van der Waals surface area contributed by atoms with Gasteiger partial charge in [-0.2, -0.15) is 0 Å². The minimum Gasteiger partial charge on any atom is -0.350 e. The van der Waals surface area contributed by atoms with Crippen LogP contribution in [0.15, 0.2) is 54.6 Å². The van der Waals surface area contributed by atoms with Gasteiger partial charge in [0.2, 0.25) is 0 Å². The van der Waals surface area contributed by atoms with Gasteiger partial charge in [-0.05, 0) is 62.3 Å². The third kappa shape index (κ3) is 5.22. The first kappa shape index (κ1) is 20.1. The summed E-state index contributed by atoms with van der Waals surface area (Å²) in [6.45, 7) is 5.57. The van der Waals surface area contributed by atoms with Crippen LogP contribution < -0.4 is 5.32 Å². The van der Waals surface area contributed by atoms with Crippen molar-refractivity contribution in [3.8, 4) is 0 Å². The molecule has 2 amide bonds. The summed E-state index contributed by atoms with van der Waals surface area (Å²) in [6.07, 6.45) is 4.00. The monoisotopic (exact) mass is 378 g/mol. The van der Waals surface area contributed by atoms with E-state index in [4.69, 9.17) is 0 Å². The molecular weight excluding hydrogens is 348 g/mol. The summed E-state index contributed by atoms with van der Waals surface area (Å²) in [6, 6.07) is 17.8. The summed E-state index contributed by atoms with van der Waals surface area (Å²) >= 11 is 0. The van der Waals surface area contributed by atoms with Gasteiger partial charge in [-0.25, -0.2) is 0 Å². The normalized spacial score (nSPS) is 15.9. The van der Waals surface area contributed by atoms with Crippen molar-refractivity contribution in [2.75, 3.05) is 13.1 Å². The predicted octanol–water partition coefficient (Wildman–Crippen LogP) is 4.31. The summed E-state index contributed by atoms with van der Waals surface area (Å²) < 4.78 is 0. The van der Waals surface area contributed by atoms with E-state index >= 15 is 0 Å². The van der Waals surface area contributed by atoms with Gasteiger partial charge in [0.05, 0.1) is 0 Å². The Labute approximate surface area is 167 Å². The Balaban J connectivity index is 1.57. The molecule has 4 nitrogen and oxygen atoms in total. The molecule has 0 saturated carbocycles. The zero-order valence-corrected chi connectivity index (χ0v) is 16.9. The summed E-state index contributed by atoms with van der Waals surface area (Å²) in [5, 5.41) is 2.96. The molecule has 0 aromatic heterocycles. The molecule has 1 saturated heterocycles. The number of piperidine rings is 1. The zero-order chi connectivity index (χ0) is 19.9. The number of nitrogens with one attached hydrogen (secondary N) is 1. The largest absolute Gasteiger partial charge is 0.350 e. The van der Waals surface area contributed by atoms with Gasteiger partial charge < -0.3 is 10.2 Å². The maximum absolute atomic E-state index is 12.9. The Hall–Kier alpha value is -2.62. The SMILES string of the molecule is CCC(C)NC(=O)c1cccc(C(=O)N2CCC(Cc3ccccc3)CC2)c1. The number of hydrogen-bond donors (Lipinski definition) is 1. The van der Waals surface area contributed by atoms with Crippen LogP contribution in [-0.4, -0.2) is 35.8 Å². The maximum atomic E-state index is 12.9. The van der Waals surface area contributed by atoms with Crippen molar-refractivity contribution in [3.63, 3.8) is 0 Å². The lowest BCUT2D eigenvalue weighted by Gasteiger charge is -2.32. The maximum Gasteiger partial charge on any atom is 0.253 e. The highest BCUT2D eigenvalue weighted by atomic mass is 16.2. The molecule has 0 radical (unpaired) electrons. The minimum absolute atomic E-state index is 0.0244. The van der Waals surface area contributed by atoms with E-state index in [2.05, 4.69) is 29.6 Å². The first-order valence-corrected chi connectivity index (χ1v) is 10.3. The molecule has 1 aliphatic rings. The molecule has 3 rings (SSSR count). The zero-order valence-electron chi connectivity index (χ0n) is 16.9. The van der Waals surface area contributed by atoms with Crippen molar-refractivity contribution >= 4 is 11.8 Å². The first-order valence-electron chi connectivity index (χ1n) is 10.3. The Morgan fingerprint density at radius 3 is 2.39 bits per heavy atom. The van der Waals surface area contributed by atoms with Crippen molar-refractivity contribution in [2.24, 2.45) is 5.92 Å². The molecule has 148 valence electrons. The predicted molar refractivity (Wildman–Crippen MR) is 112 cm³/mol. The Morgan fingerprint density at radius 2 is 1.71 bits per heavy atom. The molecular formula is C24H30N2O2. The molecule has 1 unspecified atom stereocenters. The minimum atomic E-state index is -0.120. The van der Waals surface area contributed by atoms with Gasteiger partial charge in [-0.15, -0.1) is 0 Å². The molecule has 1 atom stereocenters. The van der Waals surface area contributed by atoms with E-state index in [1.165, 1.54) is 5.56 Å². The smallest absolute Gasteiger partial charge is 0.253 e. The average Bonchev–Trinajstić information content (AvgIpc) is 2.74. The van der Waals surface area contributed by atoms with Gasteiger partial charge in [0.15, 0.2) is 0 Å². The van der Waals surface area contributed by atoms with Gasteiger partial charge in [-0.1, -0.05) is 43.3 Å². The van der Waals surface area contributed by atoms with E-state index < -0.39 is 0 Å². The molecule has 0 aliphatic carbocycles. The van der Waals surface area contributed by atoms with Gasteiger partial charge in [0, 0.05) is 30.3 Å². The highest BCUT2D eigenvalue weighted by Crippen LogP contribution is 2.23. The third-order valence-electron chi connectivity index (χ3n) is 5.63. The fraction of sp³-hybridized carbons (Fsp3) is 0.417. The van der Waals surface area contributed by atoms with Gasteiger partial charge >= 0.3 is 0 Å². The van der Waals surface area contributed by atoms with Crippen LogP contribution >= 0.6 is 0 Å². The number of likely N-dealkylation sites (tertiary alicyclic amines) is 1. The van der Waals surface area contributed by atoms with Crippen molar-refractivity contribution < 1.29 is 9.59 Å². The number of benzene rings is 2. The highest BCUT2D eigenvalue weighted by Gasteiger charge is 2.24. The van der Waals surface area contributed by atoms with Crippen LogP contribution in [0.1, 0.15) is 59.4 Å². The number of amides is 2. The molecule has 1 heterocycles.